The van der Waals surface area contributed by atoms with E-state index in [1.165, 1.54) is 24.0 Å². The van der Waals surface area contributed by atoms with Crippen LogP contribution in [0.15, 0.2) is 17.1 Å². The fourth-order valence-corrected chi connectivity index (χ4v) is 3.61. The molecule has 2 heterocycles. The third kappa shape index (κ3) is 6.10. The minimum atomic E-state index is -4.22. The fraction of sp³-hybridized carbons (Fsp3) is 0.632. The lowest BCUT2D eigenvalue weighted by Gasteiger charge is -2.39. The zero-order chi connectivity index (χ0) is 21.0. The Morgan fingerprint density at radius 3 is 2.57 bits per heavy atom. The molecule has 2 aliphatic rings. The van der Waals surface area contributed by atoms with Crippen LogP contribution in [-0.2, 0) is 17.8 Å². The van der Waals surface area contributed by atoms with E-state index in [4.69, 9.17) is 9.47 Å². The number of piperazine rings is 1. The van der Waals surface area contributed by atoms with Gasteiger partial charge in [-0.15, -0.1) is 24.0 Å². The van der Waals surface area contributed by atoms with Gasteiger partial charge in [-0.3, -0.25) is 9.89 Å². The molecule has 0 spiro atoms. The van der Waals surface area contributed by atoms with Gasteiger partial charge in [-0.05, 0) is 31.0 Å². The molecule has 1 aromatic rings. The molecule has 1 unspecified atom stereocenters. The van der Waals surface area contributed by atoms with Crippen LogP contribution in [0.25, 0.3) is 0 Å². The normalized spacial score (nSPS) is 18.9. The van der Waals surface area contributed by atoms with Gasteiger partial charge in [0.1, 0.15) is 17.6 Å². The van der Waals surface area contributed by atoms with Crippen molar-refractivity contribution < 1.29 is 27.0 Å². The zero-order valence-electron chi connectivity index (χ0n) is 17.0. The highest BCUT2D eigenvalue weighted by Gasteiger charge is 2.41. The molecule has 1 fully saturated rings. The number of fused-ring (bicyclic) bond motifs is 1. The summed E-state index contributed by atoms with van der Waals surface area (Å²) >= 11 is 0. The summed E-state index contributed by atoms with van der Waals surface area (Å²) in [6.07, 6.45) is -3.70. The second kappa shape index (κ2) is 10.8. The second-order valence-corrected chi connectivity index (χ2v) is 7.13. The van der Waals surface area contributed by atoms with Gasteiger partial charge in [-0.2, -0.15) is 13.2 Å². The average Bonchev–Trinajstić information content (AvgIpc) is 2.70. The van der Waals surface area contributed by atoms with Gasteiger partial charge < -0.3 is 19.7 Å². The van der Waals surface area contributed by atoms with Gasteiger partial charge in [-0.25, -0.2) is 4.39 Å². The third-order valence-electron chi connectivity index (χ3n) is 5.28. The fourth-order valence-electron chi connectivity index (χ4n) is 3.61. The summed E-state index contributed by atoms with van der Waals surface area (Å²) in [5.74, 6) is 0.940. The molecule has 1 aromatic carbocycles. The molecule has 0 aromatic heterocycles. The maximum absolute atomic E-state index is 13.8. The number of aliphatic imine (C=N–C) groups is 1. The number of halogens is 5. The van der Waals surface area contributed by atoms with Gasteiger partial charge in [0.25, 0.3) is 0 Å². The van der Waals surface area contributed by atoms with Crippen LogP contribution in [0.5, 0.6) is 5.75 Å². The van der Waals surface area contributed by atoms with E-state index in [0.717, 1.165) is 5.56 Å². The largest absolute Gasteiger partial charge is 0.467 e. The summed E-state index contributed by atoms with van der Waals surface area (Å²) in [5, 5.41) is 3.21. The van der Waals surface area contributed by atoms with Gasteiger partial charge in [0.05, 0.1) is 6.61 Å². The van der Waals surface area contributed by atoms with Crippen LogP contribution in [0, 0.1) is 5.82 Å². The molecule has 3 rings (SSSR count). The van der Waals surface area contributed by atoms with Gasteiger partial charge in [0.2, 0.25) is 0 Å². The predicted molar refractivity (Wildman–Crippen MR) is 116 cm³/mol. The molecule has 0 bridgehead atoms. The first-order valence-corrected chi connectivity index (χ1v) is 9.58. The Morgan fingerprint density at radius 2 is 1.93 bits per heavy atom. The van der Waals surface area contributed by atoms with Crippen molar-refractivity contribution in [1.82, 2.24) is 15.1 Å². The zero-order valence-corrected chi connectivity index (χ0v) is 19.3. The number of hydrogen-bond donors (Lipinski definition) is 1. The number of nitrogens with zero attached hydrogens (tertiary/aromatic N) is 3. The Kier molecular flexibility index (Phi) is 8.98. The maximum atomic E-state index is 13.8. The molecule has 0 aliphatic carbocycles. The highest BCUT2D eigenvalue weighted by Crippen LogP contribution is 2.29. The van der Waals surface area contributed by atoms with Crippen molar-refractivity contribution in [2.45, 2.75) is 32.2 Å². The molecule has 1 saturated heterocycles. The van der Waals surface area contributed by atoms with Crippen LogP contribution in [0.4, 0.5) is 17.6 Å². The van der Waals surface area contributed by atoms with Gasteiger partial charge >= 0.3 is 6.18 Å². The molecule has 11 heteroatoms. The minimum absolute atomic E-state index is 0. The van der Waals surface area contributed by atoms with E-state index >= 15 is 0 Å². The molecule has 170 valence electrons. The number of nitrogens with one attached hydrogen (secondary N) is 1. The topological polar surface area (TPSA) is 49.3 Å². The first kappa shape index (κ1) is 24.9. The number of guanidine groups is 1. The summed E-state index contributed by atoms with van der Waals surface area (Å²) in [6.45, 7) is 3.67. The summed E-state index contributed by atoms with van der Waals surface area (Å²) in [5.41, 5.74) is 1.43. The average molecular weight is 546 g/mol. The number of alkyl halides is 3. The van der Waals surface area contributed by atoms with Crippen molar-refractivity contribution in [3.63, 3.8) is 0 Å². The highest BCUT2D eigenvalue weighted by molar-refractivity contribution is 14.0. The quantitative estimate of drug-likeness (QED) is 0.273. The van der Waals surface area contributed by atoms with Gasteiger partial charge in [0.15, 0.2) is 12.8 Å². The number of rotatable bonds is 4. The monoisotopic (exact) mass is 546 g/mol. The number of benzene rings is 1. The van der Waals surface area contributed by atoms with E-state index in [2.05, 4.69) is 10.3 Å². The van der Waals surface area contributed by atoms with E-state index in [0.29, 0.717) is 63.0 Å². The first-order chi connectivity index (χ1) is 13.8. The van der Waals surface area contributed by atoms with Crippen molar-refractivity contribution in [1.29, 1.82) is 0 Å². The predicted octanol–water partition coefficient (Wildman–Crippen LogP) is 3.00. The summed E-state index contributed by atoms with van der Waals surface area (Å²) < 4.78 is 63.2. The van der Waals surface area contributed by atoms with Crippen LogP contribution in [-0.4, -0.2) is 74.5 Å². The van der Waals surface area contributed by atoms with Crippen LogP contribution in [0.1, 0.15) is 18.1 Å². The standard InChI is InChI=1S/C19H26F4N4O2.HI/c1-13(19(21,22)23)26-5-7-27(8-6-26)18(24-2)25-4-3-14-9-16(20)10-15-11-28-12-29-17(14)15;/h9-10,13H,3-8,11-12H2,1-2H3,(H,24,25);1H. The SMILES string of the molecule is CN=C(NCCc1cc(F)cc2c1OCOC2)N1CCN(C(C)C(F)(F)F)CC1.I. The van der Waals surface area contributed by atoms with E-state index < -0.39 is 12.2 Å². The molecule has 0 amide bonds. The second-order valence-electron chi connectivity index (χ2n) is 7.13. The van der Waals surface area contributed by atoms with Crippen LogP contribution < -0.4 is 10.1 Å². The summed E-state index contributed by atoms with van der Waals surface area (Å²) in [6, 6.07) is 1.40. The lowest BCUT2D eigenvalue weighted by Crippen LogP contribution is -2.56. The van der Waals surface area contributed by atoms with E-state index in [9.17, 15) is 17.6 Å². The lowest BCUT2D eigenvalue weighted by molar-refractivity contribution is -0.181. The molecule has 0 saturated carbocycles. The highest BCUT2D eigenvalue weighted by atomic mass is 127. The lowest BCUT2D eigenvalue weighted by atomic mass is 10.1. The third-order valence-corrected chi connectivity index (χ3v) is 5.28. The molecular formula is C19H27F4IN4O2. The molecule has 2 aliphatic heterocycles. The maximum Gasteiger partial charge on any atom is 0.403 e. The van der Waals surface area contributed by atoms with E-state index in [1.54, 1.807) is 7.05 Å². The van der Waals surface area contributed by atoms with Gasteiger partial charge in [-0.1, -0.05) is 0 Å². The molecule has 1 atom stereocenters. The van der Waals surface area contributed by atoms with Crippen LogP contribution >= 0.6 is 24.0 Å². The van der Waals surface area contributed by atoms with Crippen molar-refractivity contribution in [2.24, 2.45) is 4.99 Å². The molecule has 30 heavy (non-hydrogen) atoms. The molecule has 1 N–H and O–H groups in total. The van der Waals surface area contributed by atoms with Crippen LogP contribution in [0.3, 0.4) is 0 Å². The van der Waals surface area contributed by atoms with E-state index in [1.807, 2.05) is 4.90 Å². The number of ether oxygens (including phenoxy) is 2. The van der Waals surface area contributed by atoms with Crippen molar-refractivity contribution in [3.05, 3.63) is 29.1 Å². The van der Waals surface area contributed by atoms with Crippen LogP contribution in [0.2, 0.25) is 0 Å². The molecular weight excluding hydrogens is 519 g/mol. The van der Waals surface area contributed by atoms with E-state index in [-0.39, 0.29) is 36.6 Å². The van der Waals surface area contributed by atoms with Crippen molar-refractivity contribution in [3.8, 4) is 5.75 Å². The Bertz CT molecular complexity index is 740. The van der Waals surface area contributed by atoms with Gasteiger partial charge in [0, 0.05) is 45.3 Å². The Balaban J connectivity index is 0.00000320. The smallest absolute Gasteiger partial charge is 0.403 e. The molecule has 6 nitrogen and oxygen atoms in total. The van der Waals surface area contributed by atoms with Crippen molar-refractivity contribution in [2.75, 3.05) is 46.6 Å². The summed E-state index contributed by atoms with van der Waals surface area (Å²) in [7, 11) is 1.64. The Morgan fingerprint density at radius 1 is 1.23 bits per heavy atom. The first-order valence-electron chi connectivity index (χ1n) is 9.58. The minimum Gasteiger partial charge on any atom is -0.467 e. The number of hydrogen-bond acceptors (Lipinski definition) is 4. The van der Waals surface area contributed by atoms with Crippen molar-refractivity contribution >= 4 is 29.9 Å². The Hall–Kier alpha value is -1.34. The molecule has 0 radical (unpaired) electrons. The Labute approximate surface area is 190 Å². The summed E-state index contributed by atoms with van der Waals surface area (Å²) in [4.78, 5) is 7.60.